The van der Waals surface area contributed by atoms with E-state index < -0.39 is 14.6 Å². The molecule has 2 N–H and O–H groups in total. The molecule has 3 aromatic rings. The quantitative estimate of drug-likeness (QED) is 0.453. The Morgan fingerprint density at radius 2 is 2.00 bits per heavy atom. The number of anilines is 4. The van der Waals surface area contributed by atoms with Crippen molar-refractivity contribution in [2.24, 2.45) is 0 Å². The van der Waals surface area contributed by atoms with Gasteiger partial charge in [-0.05, 0) is 39.7 Å². The molecule has 0 aromatic carbocycles. The minimum atomic E-state index is -3.25. The Morgan fingerprint density at radius 3 is 2.66 bits per heavy atom. The standard InChI is InChI=1S/C23H32N8O3S/c1-6-15(2)31-17-12-19(25-13-16(17)21(29-31)30-11-7-8-20(30)32)27-18-9-10-24-22(28-18)26-14-23(3,4)35(5,33)34/h9-10,12-13,15H,6-8,11,14H2,1-5H3,(H2,24,25,26,27,28). The molecule has 1 fully saturated rings. The van der Waals surface area contributed by atoms with Crippen LogP contribution in [0.3, 0.4) is 0 Å². The van der Waals surface area contributed by atoms with Gasteiger partial charge in [0.1, 0.15) is 11.6 Å². The van der Waals surface area contributed by atoms with Crippen molar-refractivity contribution in [2.45, 2.75) is 57.7 Å². The molecule has 11 nitrogen and oxygen atoms in total. The normalized spacial score (nSPS) is 15.6. The maximum Gasteiger partial charge on any atom is 0.228 e. The molecular weight excluding hydrogens is 468 g/mol. The van der Waals surface area contributed by atoms with Crippen LogP contribution in [0.1, 0.15) is 53.0 Å². The van der Waals surface area contributed by atoms with Crippen molar-refractivity contribution in [1.29, 1.82) is 0 Å². The van der Waals surface area contributed by atoms with E-state index in [0.29, 0.717) is 36.4 Å². The summed E-state index contributed by atoms with van der Waals surface area (Å²) in [5, 5.41) is 11.8. The molecule has 4 heterocycles. The van der Waals surface area contributed by atoms with Crippen LogP contribution >= 0.6 is 0 Å². The topological polar surface area (TPSA) is 135 Å². The second kappa shape index (κ2) is 9.40. The zero-order valence-corrected chi connectivity index (χ0v) is 21.6. The number of carbonyl (C=O) groups excluding carboxylic acids is 1. The van der Waals surface area contributed by atoms with E-state index in [1.165, 1.54) is 6.26 Å². The van der Waals surface area contributed by atoms with Gasteiger partial charge in [-0.15, -0.1) is 0 Å². The van der Waals surface area contributed by atoms with E-state index in [9.17, 15) is 13.2 Å². The SMILES string of the molecule is CCC(C)n1nc(N2CCCC2=O)c2cnc(Nc3ccnc(NCC(C)(C)S(C)(=O)=O)n3)cc21. The molecule has 1 saturated heterocycles. The van der Waals surface area contributed by atoms with Crippen LogP contribution in [0.2, 0.25) is 0 Å². The number of fused-ring (bicyclic) bond motifs is 1. The molecule has 3 aromatic heterocycles. The van der Waals surface area contributed by atoms with Crippen molar-refractivity contribution in [3.63, 3.8) is 0 Å². The van der Waals surface area contributed by atoms with Gasteiger partial charge >= 0.3 is 0 Å². The van der Waals surface area contributed by atoms with Gasteiger partial charge in [-0.3, -0.25) is 14.4 Å². The molecule has 0 bridgehead atoms. The average Bonchev–Trinajstić information content (AvgIpc) is 3.39. The number of pyridine rings is 1. The second-order valence-electron chi connectivity index (χ2n) is 9.54. The van der Waals surface area contributed by atoms with Gasteiger partial charge in [-0.1, -0.05) is 6.92 Å². The van der Waals surface area contributed by atoms with E-state index in [1.54, 1.807) is 37.2 Å². The third-order valence-electron chi connectivity index (χ3n) is 6.50. The van der Waals surface area contributed by atoms with E-state index in [4.69, 9.17) is 5.10 Å². The highest BCUT2D eigenvalue weighted by molar-refractivity contribution is 7.92. The van der Waals surface area contributed by atoms with Crippen molar-refractivity contribution in [1.82, 2.24) is 24.7 Å². The summed E-state index contributed by atoms with van der Waals surface area (Å²) in [5.41, 5.74) is 0.883. The van der Waals surface area contributed by atoms with Gasteiger partial charge < -0.3 is 10.6 Å². The Kier molecular flexibility index (Phi) is 6.67. The predicted molar refractivity (Wildman–Crippen MR) is 137 cm³/mol. The van der Waals surface area contributed by atoms with E-state index in [1.807, 2.05) is 10.7 Å². The van der Waals surface area contributed by atoms with Gasteiger partial charge in [0.15, 0.2) is 15.7 Å². The first kappa shape index (κ1) is 24.8. The monoisotopic (exact) mass is 500 g/mol. The summed E-state index contributed by atoms with van der Waals surface area (Å²) in [4.78, 5) is 27.3. The number of hydrogen-bond donors (Lipinski definition) is 2. The van der Waals surface area contributed by atoms with Crippen LogP contribution in [-0.4, -0.2) is 63.1 Å². The number of carbonyl (C=O) groups is 1. The fourth-order valence-electron chi connectivity index (χ4n) is 3.73. The lowest BCUT2D eigenvalue weighted by Crippen LogP contribution is -2.38. The lowest BCUT2D eigenvalue weighted by molar-refractivity contribution is -0.117. The van der Waals surface area contributed by atoms with E-state index in [2.05, 4.69) is 39.4 Å². The lowest BCUT2D eigenvalue weighted by atomic mass is 10.2. The van der Waals surface area contributed by atoms with Crippen molar-refractivity contribution in [2.75, 3.05) is 34.9 Å². The molecule has 0 saturated carbocycles. The third kappa shape index (κ3) is 5.07. The van der Waals surface area contributed by atoms with Gasteiger partial charge in [0.25, 0.3) is 0 Å². The van der Waals surface area contributed by atoms with E-state index in [-0.39, 0.29) is 18.5 Å². The van der Waals surface area contributed by atoms with Crippen LogP contribution < -0.4 is 15.5 Å². The Balaban J connectivity index is 1.60. The number of sulfone groups is 1. The summed E-state index contributed by atoms with van der Waals surface area (Å²) in [7, 11) is -3.25. The first-order valence-electron chi connectivity index (χ1n) is 11.7. The van der Waals surface area contributed by atoms with Crippen molar-refractivity contribution in [3.05, 3.63) is 24.5 Å². The van der Waals surface area contributed by atoms with Crippen molar-refractivity contribution >= 4 is 50.0 Å². The maximum atomic E-state index is 12.4. The minimum Gasteiger partial charge on any atom is -0.353 e. The number of aromatic nitrogens is 5. The highest BCUT2D eigenvalue weighted by atomic mass is 32.2. The van der Waals surface area contributed by atoms with Crippen LogP contribution in [0.15, 0.2) is 24.5 Å². The molecule has 0 aliphatic carbocycles. The summed E-state index contributed by atoms with van der Waals surface area (Å²) >= 11 is 0. The lowest BCUT2D eigenvalue weighted by Gasteiger charge is -2.22. The fraction of sp³-hybridized carbons (Fsp3) is 0.522. The predicted octanol–water partition coefficient (Wildman–Crippen LogP) is 3.30. The largest absolute Gasteiger partial charge is 0.353 e. The maximum absolute atomic E-state index is 12.4. The molecule has 1 aliphatic heterocycles. The van der Waals surface area contributed by atoms with E-state index in [0.717, 1.165) is 23.7 Å². The highest BCUT2D eigenvalue weighted by Crippen LogP contribution is 2.32. The zero-order valence-electron chi connectivity index (χ0n) is 20.7. The van der Waals surface area contributed by atoms with Gasteiger partial charge in [0.05, 0.1) is 15.6 Å². The number of nitrogens with one attached hydrogen (secondary N) is 2. The zero-order chi connectivity index (χ0) is 25.4. The van der Waals surface area contributed by atoms with E-state index >= 15 is 0 Å². The summed E-state index contributed by atoms with van der Waals surface area (Å²) in [6.07, 6.45) is 6.79. The Bertz CT molecular complexity index is 1350. The molecule has 1 unspecified atom stereocenters. The molecule has 1 atom stereocenters. The van der Waals surface area contributed by atoms with Crippen molar-refractivity contribution in [3.8, 4) is 0 Å². The molecule has 0 radical (unpaired) electrons. The van der Waals surface area contributed by atoms with Crippen LogP contribution in [0, 0.1) is 0 Å². The van der Waals surface area contributed by atoms with Crippen LogP contribution in [0.4, 0.5) is 23.4 Å². The number of rotatable bonds is 9. The molecule has 12 heteroatoms. The summed E-state index contributed by atoms with van der Waals surface area (Å²) in [6, 6.07) is 3.76. The Labute approximate surface area is 205 Å². The molecule has 1 amide bonds. The number of nitrogens with zero attached hydrogens (tertiary/aromatic N) is 6. The summed E-state index contributed by atoms with van der Waals surface area (Å²) < 4.78 is 24.9. The van der Waals surface area contributed by atoms with Gasteiger partial charge in [0, 0.05) is 50.3 Å². The average molecular weight is 501 g/mol. The second-order valence-corrected chi connectivity index (χ2v) is 12.2. The minimum absolute atomic E-state index is 0.0861. The molecule has 1 aliphatic rings. The molecular formula is C23H32N8O3S. The Morgan fingerprint density at radius 1 is 1.23 bits per heavy atom. The van der Waals surface area contributed by atoms with Gasteiger partial charge in [0.2, 0.25) is 11.9 Å². The molecule has 0 spiro atoms. The highest BCUT2D eigenvalue weighted by Gasteiger charge is 2.30. The van der Waals surface area contributed by atoms with Crippen LogP contribution in [-0.2, 0) is 14.6 Å². The molecule has 188 valence electrons. The summed E-state index contributed by atoms with van der Waals surface area (Å²) in [5.74, 6) is 2.14. The van der Waals surface area contributed by atoms with Gasteiger partial charge in [-0.2, -0.15) is 10.1 Å². The first-order chi connectivity index (χ1) is 16.5. The van der Waals surface area contributed by atoms with Gasteiger partial charge in [-0.25, -0.2) is 18.4 Å². The molecule has 4 rings (SSSR count). The number of hydrogen-bond acceptors (Lipinski definition) is 9. The molecule has 35 heavy (non-hydrogen) atoms. The number of amides is 1. The van der Waals surface area contributed by atoms with Crippen LogP contribution in [0.5, 0.6) is 0 Å². The fourth-order valence-corrected chi connectivity index (χ4v) is 4.07. The first-order valence-corrected chi connectivity index (χ1v) is 13.6. The van der Waals surface area contributed by atoms with Crippen LogP contribution in [0.25, 0.3) is 10.9 Å². The smallest absolute Gasteiger partial charge is 0.228 e. The van der Waals surface area contributed by atoms with Crippen molar-refractivity contribution < 1.29 is 13.2 Å². The summed E-state index contributed by atoms with van der Waals surface area (Å²) in [6.45, 7) is 8.33. The Hall–Kier alpha value is -3.28. The third-order valence-corrected chi connectivity index (χ3v) is 8.65.